The number of carbonyl (C=O) groups is 1. The number of piperazine rings is 1. The predicted octanol–water partition coefficient (Wildman–Crippen LogP) is 2.17. The number of amides is 1. The molecule has 0 N–H and O–H groups in total. The first-order valence-electron chi connectivity index (χ1n) is 8.42. The minimum Gasteiger partial charge on any atom is -0.367 e. The predicted molar refractivity (Wildman–Crippen MR) is 95.9 cm³/mol. The zero-order chi connectivity index (χ0) is 17.8. The second-order valence-corrected chi connectivity index (χ2v) is 6.44. The molecule has 0 radical (unpaired) electrons. The van der Waals surface area contributed by atoms with E-state index in [1.165, 1.54) is 12.1 Å². The third-order valence-corrected chi connectivity index (χ3v) is 4.54. The minimum atomic E-state index is -0.398. The van der Waals surface area contributed by atoms with Crippen molar-refractivity contribution in [1.29, 1.82) is 0 Å². The lowest BCUT2D eigenvalue weighted by Crippen LogP contribution is -2.51. The first-order chi connectivity index (χ1) is 12.1. The van der Waals surface area contributed by atoms with Gasteiger partial charge in [-0.15, -0.1) is 0 Å². The Kier molecular flexibility index (Phi) is 5.28. The fourth-order valence-electron chi connectivity index (χ4n) is 3.21. The third kappa shape index (κ3) is 3.96. The number of likely N-dealkylation sites (N-methyl/N-ethyl adjacent to an activating group) is 1. The average molecular weight is 342 g/mol. The summed E-state index contributed by atoms with van der Waals surface area (Å²) in [6.07, 6.45) is 3.60. The molecule has 1 fully saturated rings. The Morgan fingerprint density at radius 1 is 1.12 bits per heavy atom. The molecule has 6 heteroatoms. The number of rotatable bonds is 4. The van der Waals surface area contributed by atoms with Gasteiger partial charge in [-0.3, -0.25) is 14.7 Å². The van der Waals surface area contributed by atoms with Gasteiger partial charge in [-0.25, -0.2) is 4.39 Å². The van der Waals surface area contributed by atoms with E-state index in [1.807, 2.05) is 42.2 Å². The molecule has 0 bridgehead atoms. The fraction of sp³-hybridized carbons (Fsp3) is 0.368. The van der Waals surface area contributed by atoms with Crippen molar-refractivity contribution in [3.63, 3.8) is 0 Å². The lowest BCUT2D eigenvalue weighted by molar-refractivity contribution is -0.136. The van der Waals surface area contributed by atoms with Crippen molar-refractivity contribution in [2.75, 3.05) is 45.2 Å². The largest absolute Gasteiger partial charge is 0.367 e. The molecule has 3 rings (SSSR count). The molecule has 1 aliphatic heterocycles. The Morgan fingerprint density at radius 2 is 1.80 bits per heavy atom. The zero-order valence-electron chi connectivity index (χ0n) is 14.6. The summed E-state index contributed by atoms with van der Waals surface area (Å²) in [6.45, 7) is 2.89. The van der Waals surface area contributed by atoms with E-state index in [9.17, 15) is 9.18 Å². The van der Waals surface area contributed by atoms with Crippen LogP contribution in [-0.4, -0.2) is 61.0 Å². The molecular weight excluding hydrogens is 319 g/mol. The van der Waals surface area contributed by atoms with Crippen LogP contribution in [-0.2, 0) is 4.79 Å². The van der Waals surface area contributed by atoms with E-state index in [4.69, 9.17) is 0 Å². The van der Waals surface area contributed by atoms with Crippen molar-refractivity contribution in [2.45, 2.75) is 6.04 Å². The average Bonchev–Trinajstić information content (AvgIpc) is 2.64. The SMILES string of the molecule is CN(C)[C@@H](C(=O)N1CCN(c2cccnc2)CC1)c1ccc(F)cc1. The molecule has 1 saturated heterocycles. The van der Waals surface area contributed by atoms with E-state index in [2.05, 4.69) is 9.88 Å². The number of halogens is 1. The number of hydrogen-bond acceptors (Lipinski definition) is 4. The standard InChI is InChI=1S/C19H23FN4O/c1-22(2)18(15-5-7-16(20)8-6-15)19(25)24-12-10-23(11-13-24)17-4-3-9-21-14-17/h3-9,14,18H,10-13H2,1-2H3/t18-/m1/s1. The molecule has 2 heterocycles. The van der Waals surface area contributed by atoms with Crippen molar-refractivity contribution >= 4 is 11.6 Å². The molecule has 1 aliphatic rings. The molecule has 2 aromatic rings. The van der Waals surface area contributed by atoms with Crippen LogP contribution in [0.4, 0.5) is 10.1 Å². The molecular formula is C19H23FN4O. The van der Waals surface area contributed by atoms with Crippen molar-refractivity contribution in [3.8, 4) is 0 Å². The van der Waals surface area contributed by atoms with Gasteiger partial charge >= 0.3 is 0 Å². The molecule has 132 valence electrons. The number of anilines is 1. The molecule has 1 aromatic carbocycles. The smallest absolute Gasteiger partial charge is 0.244 e. The third-order valence-electron chi connectivity index (χ3n) is 4.54. The van der Waals surface area contributed by atoms with Gasteiger partial charge in [-0.1, -0.05) is 12.1 Å². The van der Waals surface area contributed by atoms with E-state index in [0.717, 1.165) is 24.3 Å². The highest BCUT2D eigenvalue weighted by Gasteiger charge is 2.30. The second kappa shape index (κ2) is 7.61. The Bertz CT molecular complexity index is 697. The number of benzene rings is 1. The Morgan fingerprint density at radius 3 is 2.36 bits per heavy atom. The minimum absolute atomic E-state index is 0.0578. The highest BCUT2D eigenvalue weighted by Crippen LogP contribution is 2.23. The molecule has 0 spiro atoms. The summed E-state index contributed by atoms with van der Waals surface area (Å²) >= 11 is 0. The summed E-state index contributed by atoms with van der Waals surface area (Å²) in [6, 6.07) is 9.73. The topological polar surface area (TPSA) is 39.7 Å². The number of hydrogen-bond donors (Lipinski definition) is 0. The van der Waals surface area contributed by atoms with Gasteiger partial charge < -0.3 is 9.80 Å². The fourth-order valence-corrected chi connectivity index (χ4v) is 3.21. The first kappa shape index (κ1) is 17.4. The number of pyridine rings is 1. The molecule has 0 aliphatic carbocycles. The van der Waals surface area contributed by atoms with Crippen LogP contribution in [0.5, 0.6) is 0 Å². The van der Waals surface area contributed by atoms with E-state index in [0.29, 0.717) is 13.1 Å². The normalized spacial score (nSPS) is 16.2. The monoisotopic (exact) mass is 342 g/mol. The maximum Gasteiger partial charge on any atom is 0.244 e. The van der Waals surface area contributed by atoms with Gasteiger partial charge in [0.25, 0.3) is 0 Å². The van der Waals surface area contributed by atoms with Crippen LogP contribution in [0.2, 0.25) is 0 Å². The number of aromatic nitrogens is 1. The van der Waals surface area contributed by atoms with Crippen LogP contribution in [0.3, 0.4) is 0 Å². The van der Waals surface area contributed by atoms with Crippen LogP contribution < -0.4 is 4.90 Å². The van der Waals surface area contributed by atoms with Gasteiger partial charge in [-0.2, -0.15) is 0 Å². The van der Waals surface area contributed by atoms with Crippen LogP contribution in [0.25, 0.3) is 0 Å². The summed E-state index contributed by atoms with van der Waals surface area (Å²) in [4.78, 5) is 23.2. The molecule has 25 heavy (non-hydrogen) atoms. The van der Waals surface area contributed by atoms with E-state index in [1.54, 1.807) is 18.3 Å². The highest BCUT2D eigenvalue weighted by molar-refractivity contribution is 5.83. The van der Waals surface area contributed by atoms with Crippen molar-refractivity contribution in [3.05, 3.63) is 60.2 Å². The van der Waals surface area contributed by atoms with Gasteiger partial charge in [0.1, 0.15) is 11.9 Å². The van der Waals surface area contributed by atoms with Crippen LogP contribution >= 0.6 is 0 Å². The van der Waals surface area contributed by atoms with Crippen LogP contribution in [0.1, 0.15) is 11.6 Å². The van der Waals surface area contributed by atoms with Crippen LogP contribution in [0, 0.1) is 5.82 Å². The summed E-state index contributed by atoms with van der Waals surface area (Å²) in [5.74, 6) is -0.235. The Hall–Kier alpha value is -2.47. The van der Waals surface area contributed by atoms with Gasteiger partial charge in [-0.05, 0) is 43.9 Å². The molecule has 1 atom stereocenters. The molecule has 5 nitrogen and oxygen atoms in total. The maximum atomic E-state index is 13.2. The van der Waals surface area contributed by atoms with Crippen LogP contribution in [0.15, 0.2) is 48.8 Å². The number of nitrogens with zero attached hydrogens (tertiary/aromatic N) is 4. The molecule has 0 saturated carbocycles. The molecule has 1 amide bonds. The first-order valence-corrected chi connectivity index (χ1v) is 8.42. The quantitative estimate of drug-likeness (QED) is 0.854. The summed E-state index contributed by atoms with van der Waals surface area (Å²) in [7, 11) is 3.75. The summed E-state index contributed by atoms with van der Waals surface area (Å²) in [5.41, 5.74) is 1.89. The summed E-state index contributed by atoms with van der Waals surface area (Å²) in [5, 5.41) is 0. The maximum absolute atomic E-state index is 13.2. The highest BCUT2D eigenvalue weighted by atomic mass is 19.1. The van der Waals surface area contributed by atoms with Gasteiger partial charge in [0.15, 0.2) is 0 Å². The Labute approximate surface area is 147 Å². The van der Waals surface area contributed by atoms with E-state index < -0.39 is 6.04 Å². The van der Waals surface area contributed by atoms with Crippen molar-refractivity contribution < 1.29 is 9.18 Å². The lowest BCUT2D eigenvalue weighted by atomic mass is 10.0. The van der Waals surface area contributed by atoms with Gasteiger partial charge in [0.2, 0.25) is 5.91 Å². The van der Waals surface area contributed by atoms with Crippen molar-refractivity contribution in [2.24, 2.45) is 0 Å². The van der Waals surface area contributed by atoms with E-state index in [-0.39, 0.29) is 11.7 Å². The Balaban J connectivity index is 1.68. The number of carbonyl (C=O) groups excluding carboxylic acids is 1. The molecule has 0 unspecified atom stereocenters. The van der Waals surface area contributed by atoms with E-state index >= 15 is 0 Å². The summed E-state index contributed by atoms with van der Waals surface area (Å²) < 4.78 is 13.2. The molecule has 1 aromatic heterocycles. The lowest BCUT2D eigenvalue weighted by Gasteiger charge is -2.38. The second-order valence-electron chi connectivity index (χ2n) is 6.44. The van der Waals surface area contributed by atoms with Gasteiger partial charge in [0, 0.05) is 32.4 Å². The van der Waals surface area contributed by atoms with Crippen molar-refractivity contribution in [1.82, 2.24) is 14.8 Å². The zero-order valence-corrected chi connectivity index (χ0v) is 14.6. The van der Waals surface area contributed by atoms with Gasteiger partial charge in [0.05, 0.1) is 11.9 Å².